The molecule has 3 nitrogen and oxygen atoms in total. The van der Waals surface area contributed by atoms with E-state index in [4.69, 9.17) is 0 Å². The van der Waals surface area contributed by atoms with Crippen LogP contribution in [0.1, 0.15) is 13.3 Å². The third-order valence-corrected chi connectivity index (χ3v) is 3.78. The molecule has 5 heteroatoms. The van der Waals surface area contributed by atoms with Crippen molar-refractivity contribution in [3.63, 3.8) is 0 Å². The van der Waals surface area contributed by atoms with Gasteiger partial charge in [-0.1, -0.05) is 0 Å². The maximum atomic E-state index is 11.0. The first kappa shape index (κ1) is 8.84. The maximum Gasteiger partial charge on any atom is 0.152 e. The third kappa shape index (κ3) is 2.09. The first-order valence-corrected chi connectivity index (χ1v) is 5.50. The minimum absolute atomic E-state index is 0.115. The van der Waals surface area contributed by atoms with E-state index in [-0.39, 0.29) is 11.5 Å². The van der Waals surface area contributed by atoms with E-state index >= 15 is 0 Å². The fourth-order valence-corrected chi connectivity index (χ4v) is 3.46. The predicted octanol–water partition coefficient (Wildman–Crippen LogP) is 0.666. The highest BCUT2D eigenvalue weighted by molar-refractivity contribution is 7.91. The molecule has 0 bridgehead atoms. The van der Waals surface area contributed by atoms with Crippen molar-refractivity contribution in [3.05, 3.63) is 0 Å². The lowest BCUT2D eigenvalue weighted by molar-refractivity contribution is 0.537. The molecule has 0 aromatic carbocycles. The molecule has 1 rings (SSSR count). The molecule has 1 atom stereocenters. The highest BCUT2D eigenvalue weighted by Crippen LogP contribution is 2.25. The number of thiocarbonyl (C=S) groups is 1. The Balaban J connectivity index is 2.89. The van der Waals surface area contributed by atoms with Gasteiger partial charge < -0.3 is 0 Å². The molecule has 0 aliphatic carbocycles. The lowest BCUT2D eigenvalue weighted by Crippen LogP contribution is -2.22. The summed E-state index contributed by atoms with van der Waals surface area (Å²) in [6.07, 6.45) is 0.568. The van der Waals surface area contributed by atoms with Gasteiger partial charge >= 0.3 is 0 Å². The summed E-state index contributed by atoms with van der Waals surface area (Å²) >= 11 is 4.42. The topological polar surface area (TPSA) is 46.5 Å². The summed E-state index contributed by atoms with van der Waals surface area (Å²) in [5.74, 6) is 0.341. The summed E-state index contributed by atoms with van der Waals surface area (Å²) in [7, 11) is -2.86. The van der Waals surface area contributed by atoms with E-state index in [0.29, 0.717) is 6.42 Å². The zero-order chi connectivity index (χ0) is 8.54. The molecule has 1 saturated heterocycles. The van der Waals surface area contributed by atoms with Crippen LogP contribution in [0, 0.1) is 0 Å². The van der Waals surface area contributed by atoms with E-state index in [1.807, 2.05) is 0 Å². The normalized spacial score (nSPS) is 34.6. The second kappa shape index (κ2) is 2.66. The van der Waals surface area contributed by atoms with Crippen molar-refractivity contribution in [2.75, 3.05) is 11.5 Å². The number of rotatable bonds is 1. The molecule has 11 heavy (non-hydrogen) atoms. The molecule has 1 fully saturated rings. The maximum absolute atomic E-state index is 11.0. The summed E-state index contributed by atoms with van der Waals surface area (Å²) in [5, 5.41) is 2.23. The molecule has 0 saturated carbocycles. The molecule has 1 heterocycles. The van der Waals surface area contributed by atoms with Crippen molar-refractivity contribution in [1.29, 1.82) is 0 Å². The molecule has 1 unspecified atom stereocenters. The summed E-state index contributed by atoms with van der Waals surface area (Å²) in [5.41, 5.74) is -0.499. The molecule has 62 valence electrons. The van der Waals surface area contributed by atoms with Crippen LogP contribution in [0.15, 0.2) is 4.99 Å². The van der Waals surface area contributed by atoms with Gasteiger partial charge in [-0.25, -0.2) is 13.4 Å². The average Bonchev–Trinajstić information content (AvgIpc) is 2.07. The van der Waals surface area contributed by atoms with Crippen LogP contribution >= 0.6 is 12.2 Å². The van der Waals surface area contributed by atoms with Crippen LogP contribution in [-0.2, 0) is 9.84 Å². The van der Waals surface area contributed by atoms with Gasteiger partial charge in [0.15, 0.2) is 9.84 Å². The highest BCUT2D eigenvalue weighted by atomic mass is 32.2. The second-order valence-corrected chi connectivity index (χ2v) is 5.41. The molecule has 0 N–H and O–H groups in total. The van der Waals surface area contributed by atoms with Gasteiger partial charge in [0.05, 0.1) is 22.2 Å². The Bertz CT molecular complexity index is 303. The van der Waals surface area contributed by atoms with Crippen LogP contribution < -0.4 is 0 Å². The van der Waals surface area contributed by atoms with Crippen molar-refractivity contribution in [2.45, 2.75) is 18.9 Å². The minimum Gasteiger partial charge on any atom is -0.229 e. The number of aliphatic imine (C=N–C) groups is 1. The van der Waals surface area contributed by atoms with E-state index in [9.17, 15) is 8.42 Å². The van der Waals surface area contributed by atoms with Crippen LogP contribution in [0.3, 0.4) is 0 Å². The van der Waals surface area contributed by atoms with Crippen molar-refractivity contribution in [3.8, 4) is 0 Å². The Hall–Kier alpha value is -0.250. The number of sulfone groups is 1. The standard InChI is InChI=1S/C6H9NO2S2/c1-6(7-5-10)2-3-11(8,9)4-6/h2-4H2,1H3. The summed E-state index contributed by atoms with van der Waals surface area (Å²) in [6, 6.07) is 0. The summed E-state index contributed by atoms with van der Waals surface area (Å²) in [6.45, 7) is 1.79. The zero-order valence-electron chi connectivity index (χ0n) is 6.20. The van der Waals surface area contributed by atoms with Gasteiger partial charge in [-0.15, -0.1) is 0 Å². The number of isothiocyanates is 1. The van der Waals surface area contributed by atoms with Gasteiger partial charge in [0, 0.05) is 0 Å². The number of hydrogen-bond acceptors (Lipinski definition) is 4. The molecular weight excluding hydrogens is 182 g/mol. The molecule has 0 amide bonds. The van der Waals surface area contributed by atoms with Crippen molar-refractivity contribution in [1.82, 2.24) is 0 Å². The first-order chi connectivity index (χ1) is 4.97. The lowest BCUT2D eigenvalue weighted by Gasteiger charge is -2.12. The second-order valence-electron chi connectivity index (χ2n) is 3.04. The Kier molecular flexibility index (Phi) is 2.14. The molecule has 0 radical (unpaired) electrons. The van der Waals surface area contributed by atoms with Gasteiger partial charge in [0.25, 0.3) is 0 Å². The molecule has 0 spiro atoms. The molecule has 0 aromatic rings. The predicted molar refractivity (Wildman–Crippen MR) is 46.7 cm³/mol. The summed E-state index contributed by atoms with van der Waals surface area (Å²) < 4.78 is 22.0. The number of nitrogens with zero attached hydrogens (tertiary/aromatic N) is 1. The molecule has 1 aliphatic heterocycles. The SMILES string of the molecule is CC1(N=C=S)CCS(=O)(=O)C1. The fourth-order valence-electron chi connectivity index (χ4n) is 1.19. The van der Waals surface area contributed by atoms with Crippen LogP contribution in [0.2, 0.25) is 0 Å². The van der Waals surface area contributed by atoms with E-state index in [1.165, 1.54) is 0 Å². The van der Waals surface area contributed by atoms with Crippen molar-refractivity contribution in [2.24, 2.45) is 4.99 Å². The van der Waals surface area contributed by atoms with E-state index < -0.39 is 15.4 Å². The van der Waals surface area contributed by atoms with Gasteiger partial charge in [-0.05, 0) is 25.6 Å². The Labute approximate surface area is 71.4 Å². The van der Waals surface area contributed by atoms with Gasteiger partial charge in [-0.3, -0.25) is 0 Å². The van der Waals surface area contributed by atoms with E-state index in [1.54, 1.807) is 6.92 Å². The minimum atomic E-state index is -2.86. The highest BCUT2D eigenvalue weighted by Gasteiger charge is 2.37. The van der Waals surface area contributed by atoms with E-state index in [0.717, 1.165) is 0 Å². The smallest absolute Gasteiger partial charge is 0.152 e. The number of hydrogen-bond donors (Lipinski definition) is 0. The van der Waals surface area contributed by atoms with Crippen molar-refractivity contribution < 1.29 is 8.42 Å². The van der Waals surface area contributed by atoms with Crippen LogP contribution in [0.4, 0.5) is 0 Å². The zero-order valence-corrected chi connectivity index (χ0v) is 7.83. The van der Waals surface area contributed by atoms with Crippen LogP contribution in [0.5, 0.6) is 0 Å². The Morgan fingerprint density at radius 1 is 1.64 bits per heavy atom. The molecule has 0 aromatic heterocycles. The first-order valence-electron chi connectivity index (χ1n) is 3.27. The monoisotopic (exact) mass is 191 g/mol. The van der Waals surface area contributed by atoms with Gasteiger partial charge in [0.2, 0.25) is 0 Å². The van der Waals surface area contributed by atoms with E-state index in [2.05, 4.69) is 22.4 Å². The largest absolute Gasteiger partial charge is 0.229 e. The summed E-state index contributed by atoms with van der Waals surface area (Å²) in [4.78, 5) is 3.84. The third-order valence-electron chi connectivity index (χ3n) is 1.80. The lowest BCUT2D eigenvalue weighted by atomic mass is 10.0. The Morgan fingerprint density at radius 2 is 2.27 bits per heavy atom. The molecular formula is C6H9NO2S2. The molecule has 1 aliphatic rings. The quantitative estimate of drug-likeness (QED) is 0.452. The van der Waals surface area contributed by atoms with Crippen LogP contribution in [-0.4, -0.2) is 30.6 Å². The average molecular weight is 191 g/mol. The van der Waals surface area contributed by atoms with Crippen molar-refractivity contribution >= 4 is 27.2 Å². The van der Waals surface area contributed by atoms with Gasteiger partial charge in [0.1, 0.15) is 0 Å². The van der Waals surface area contributed by atoms with Gasteiger partial charge in [-0.2, -0.15) is 0 Å². The van der Waals surface area contributed by atoms with Crippen LogP contribution in [0.25, 0.3) is 0 Å². The fraction of sp³-hybridized carbons (Fsp3) is 0.833. The Morgan fingerprint density at radius 3 is 2.64 bits per heavy atom.